The molecule has 1 aliphatic rings. The van der Waals surface area contributed by atoms with E-state index >= 15 is 0 Å². The Balaban J connectivity index is 2.13. The van der Waals surface area contributed by atoms with Crippen molar-refractivity contribution in [1.29, 1.82) is 0 Å². The zero-order valence-electron chi connectivity index (χ0n) is 12.0. The number of aromatic nitrogens is 1. The van der Waals surface area contributed by atoms with E-state index in [9.17, 15) is 0 Å². The van der Waals surface area contributed by atoms with Gasteiger partial charge in [0.15, 0.2) is 0 Å². The summed E-state index contributed by atoms with van der Waals surface area (Å²) in [6.45, 7) is 9.08. The van der Waals surface area contributed by atoms with Gasteiger partial charge in [-0.15, -0.1) is 0 Å². The summed E-state index contributed by atoms with van der Waals surface area (Å²) in [4.78, 5) is 6.66. The molecule has 1 aromatic heterocycles. The highest BCUT2D eigenvalue weighted by Crippen LogP contribution is 2.22. The topological polar surface area (TPSA) is 63.4 Å². The molecule has 0 spiro atoms. The van der Waals surface area contributed by atoms with E-state index in [2.05, 4.69) is 35.2 Å². The zero-order chi connectivity index (χ0) is 13.8. The van der Waals surface area contributed by atoms with Crippen LogP contribution in [0.1, 0.15) is 31.0 Å². The largest absolute Gasteiger partial charge is 0.374 e. The van der Waals surface area contributed by atoms with Gasteiger partial charge in [-0.1, -0.05) is 6.07 Å². The van der Waals surface area contributed by atoms with Crippen LogP contribution in [0.5, 0.6) is 0 Å². The van der Waals surface area contributed by atoms with Crippen molar-refractivity contribution in [2.45, 2.75) is 39.0 Å². The van der Waals surface area contributed by atoms with Gasteiger partial charge in [-0.3, -0.25) is 21.2 Å². The van der Waals surface area contributed by atoms with Crippen molar-refractivity contribution >= 4 is 0 Å². The minimum Gasteiger partial charge on any atom is -0.374 e. The number of hydrazine groups is 1. The zero-order valence-corrected chi connectivity index (χ0v) is 12.0. The Morgan fingerprint density at radius 1 is 1.47 bits per heavy atom. The number of rotatable bonds is 4. The van der Waals surface area contributed by atoms with E-state index in [1.807, 2.05) is 19.3 Å². The van der Waals surface area contributed by atoms with Gasteiger partial charge in [0.2, 0.25) is 0 Å². The summed E-state index contributed by atoms with van der Waals surface area (Å²) in [6.07, 6.45) is 3.76. The summed E-state index contributed by atoms with van der Waals surface area (Å²) in [5.74, 6) is 5.73. The molecule has 1 aliphatic heterocycles. The summed E-state index contributed by atoms with van der Waals surface area (Å²) < 4.78 is 5.89. The molecule has 19 heavy (non-hydrogen) atoms. The van der Waals surface area contributed by atoms with Crippen LogP contribution in [0, 0.1) is 6.92 Å². The first-order valence-corrected chi connectivity index (χ1v) is 6.85. The summed E-state index contributed by atoms with van der Waals surface area (Å²) in [6, 6.07) is 2.62. The fourth-order valence-electron chi connectivity index (χ4n) is 2.53. The first kappa shape index (κ1) is 14.4. The third kappa shape index (κ3) is 3.51. The second-order valence-corrected chi connectivity index (χ2v) is 5.44. The molecular weight excluding hydrogens is 240 g/mol. The average molecular weight is 264 g/mol. The van der Waals surface area contributed by atoms with Crippen molar-refractivity contribution in [3.8, 4) is 0 Å². The molecular formula is C14H24N4O. The molecule has 0 aliphatic carbocycles. The number of nitrogens with one attached hydrogen (secondary N) is 1. The standard InChI is InChI=1S/C14H24N4O/c1-10(2)18-4-5-19-13(9-18)14(17-15)12-6-11(3)7-16-8-12/h6-8,10,13-14,17H,4-5,9,15H2,1-3H3. The molecule has 5 nitrogen and oxygen atoms in total. The van der Waals surface area contributed by atoms with Crippen molar-refractivity contribution in [3.05, 3.63) is 29.6 Å². The number of ether oxygens (including phenoxy) is 1. The van der Waals surface area contributed by atoms with Gasteiger partial charge in [-0.05, 0) is 31.9 Å². The van der Waals surface area contributed by atoms with Gasteiger partial charge in [0, 0.05) is 31.5 Å². The molecule has 3 N–H and O–H groups in total. The fraction of sp³-hybridized carbons (Fsp3) is 0.643. The van der Waals surface area contributed by atoms with Crippen LogP contribution in [-0.4, -0.2) is 41.7 Å². The maximum Gasteiger partial charge on any atom is 0.0910 e. The van der Waals surface area contributed by atoms with Gasteiger partial charge >= 0.3 is 0 Å². The smallest absolute Gasteiger partial charge is 0.0910 e. The fourth-order valence-corrected chi connectivity index (χ4v) is 2.53. The Bertz CT molecular complexity index is 410. The van der Waals surface area contributed by atoms with Crippen molar-refractivity contribution < 1.29 is 4.74 Å². The van der Waals surface area contributed by atoms with E-state index in [0.29, 0.717) is 6.04 Å². The minimum atomic E-state index is -0.0195. The number of nitrogens with zero attached hydrogens (tertiary/aromatic N) is 2. The number of hydrogen-bond donors (Lipinski definition) is 2. The molecule has 0 saturated carbocycles. The van der Waals surface area contributed by atoms with E-state index in [1.54, 1.807) is 0 Å². The molecule has 1 fully saturated rings. The van der Waals surface area contributed by atoms with Gasteiger partial charge in [-0.25, -0.2) is 0 Å². The van der Waals surface area contributed by atoms with Crippen molar-refractivity contribution in [2.24, 2.45) is 5.84 Å². The average Bonchev–Trinajstić information content (AvgIpc) is 2.40. The highest BCUT2D eigenvalue weighted by atomic mass is 16.5. The molecule has 2 heterocycles. The summed E-state index contributed by atoms with van der Waals surface area (Å²) in [7, 11) is 0. The second kappa shape index (κ2) is 6.43. The molecule has 1 saturated heterocycles. The Kier molecular flexibility index (Phi) is 4.87. The molecule has 5 heteroatoms. The number of morpholine rings is 1. The van der Waals surface area contributed by atoms with E-state index in [4.69, 9.17) is 10.6 Å². The molecule has 0 aromatic carbocycles. The number of aryl methyl sites for hydroxylation is 1. The maximum absolute atomic E-state index is 5.89. The van der Waals surface area contributed by atoms with Crippen LogP contribution in [-0.2, 0) is 4.74 Å². The molecule has 0 bridgehead atoms. The van der Waals surface area contributed by atoms with E-state index in [-0.39, 0.29) is 12.1 Å². The quantitative estimate of drug-likeness (QED) is 0.627. The molecule has 1 aromatic rings. The van der Waals surface area contributed by atoms with Crippen molar-refractivity contribution in [3.63, 3.8) is 0 Å². The number of hydrogen-bond acceptors (Lipinski definition) is 5. The van der Waals surface area contributed by atoms with Gasteiger partial charge < -0.3 is 4.74 Å². The predicted octanol–water partition coefficient (Wildman–Crippen LogP) is 1.00. The van der Waals surface area contributed by atoms with Gasteiger partial charge in [0.25, 0.3) is 0 Å². The summed E-state index contributed by atoms with van der Waals surface area (Å²) >= 11 is 0. The van der Waals surface area contributed by atoms with Gasteiger partial charge in [-0.2, -0.15) is 0 Å². The van der Waals surface area contributed by atoms with Crippen LogP contribution in [0.3, 0.4) is 0 Å². The lowest BCUT2D eigenvalue weighted by Gasteiger charge is -2.38. The van der Waals surface area contributed by atoms with E-state index < -0.39 is 0 Å². The normalized spacial score (nSPS) is 22.7. The summed E-state index contributed by atoms with van der Waals surface area (Å²) in [5, 5.41) is 0. The highest BCUT2D eigenvalue weighted by Gasteiger charge is 2.29. The third-order valence-corrected chi connectivity index (χ3v) is 3.66. The van der Waals surface area contributed by atoms with Crippen LogP contribution in [0.25, 0.3) is 0 Å². The Morgan fingerprint density at radius 3 is 2.89 bits per heavy atom. The lowest BCUT2D eigenvalue weighted by atomic mass is 10.0. The second-order valence-electron chi connectivity index (χ2n) is 5.44. The van der Waals surface area contributed by atoms with Crippen molar-refractivity contribution in [2.75, 3.05) is 19.7 Å². The molecule has 0 radical (unpaired) electrons. The Morgan fingerprint density at radius 2 is 2.26 bits per heavy atom. The van der Waals surface area contributed by atoms with Crippen molar-refractivity contribution in [1.82, 2.24) is 15.3 Å². The first-order chi connectivity index (χ1) is 9.11. The van der Waals surface area contributed by atoms with Crippen LogP contribution >= 0.6 is 0 Å². The van der Waals surface area contributed by atoms with Crippen LogP contribution in [0.2, 0.25) is 0 Å². The molecule has 106 valence electrons. The molecule has 0 amide bonds. The lowest BCUT2D eigenvalue weighted by Crippen LogP contribution is -2.51. The lowest BCUT2D eigenvalue weighted by molar-refractivity contribution is -0.0561. The van der Waals surface area contributed by atoms with E-state index in [0.717, 1.165) is 30.8 Å². The molecule has 2 atom stereocenters. The van der Waals surface area contributed by atoms with Gasteiger partial charge in [0.1, 0.15) is 0 Å². The summed E-state index contributed by atoms with van der Waals surface area (Å²) in [5.41, 5.74) is 5.10. The first-order valence-electron chi connectivity index (χ1n) is 6.85. The van der Waals surface area contributed by atoms with Gasteiger partial charge in [0.05, 0.1) is 18.8 Å². The predicted molar refractivity (Wildman–Crippen MR) is 75.5 cm³/mol. The van der Waals surface area contributed by atoms with Crippen LogP contribution in [0.15, 0.2) is 18.5 Å². The molecule has 2 unspecified atom stereocenters. The number of nitrogens with two attached hydrogens (primary N) is 1. The highest BCUT2D eigenvalue weighted by molar-refractivity contribution is 5.21. The van der Waals surface area contributed by atoms with Crippen LogP contribution < -0.4 is 11.3 Å². The Hall–Kier alpha value is -1.01. The minimum absolute atomic E-state index is 0.0195. The van der Waals surface area contributed by atoms with Crippen LogP contribution in [0.4, 0.5) is 0 Å². The van der Waals surface area contributed by atoms with E-state index in [1.165, 1.54) is 0 Å². The third-order valence-electron chi connectivity index (χ3n) is 3.66. The monoisotopic (exact) mass is 264 g/mol. The maximum atomic E-state index is 5.89. The number of pyridine rings is 1. The SMILES string of the molecule is Cc1cncc(C(NN)C2CN(C(C)C)CCO2)c1. The molecule has 2 rings (SSSR count). The Labute approximate surface area is 115 Å².